The van der Waals surface area contributed by atoms with Gasteiger partial charge >= 0.3 is 0 Å². The van der Waals surface area contributed by atoms with Crippen molar-refractivity contribution in [3.05, 3.63) is 24.2 Å². The van der Waals surface area contributed by atoms with Gasteiger partial charge in [0.25, 0.3) is 0 Å². The van der Waals surface area contributed by atoms with Gasteiger partial charge in [0.05, 0.1) is 11.8 Å². The van der Waals surface area contributed by atoms with Crippen LogP contribution in [0.25, 0.3) is 0 Å². The fraction of sp³-hybridized carbons (Fsp3) is 0.500. The van der Waals surface area contributed by atoms with Crippen molar-refractivity contribution in [1.29, 1.82) is 0 Å². The molecule has 1 aromatic rings. The number of ketones is 1. The van der Waals surface area contributed by atoms with Gasteiger partial charge in [0, 0.05) is 5.92 Å². The Hall–Kier alpha value is -1.05. The van der Waals surface area contributed by atoms with Crippen molar-refractivity contribution in [3.8, 4) is 0 Å². The minimum absolute atomic E-state index is 0.183. The molecule has 0 aromatic carbocycles. The lowest BCUT2D eigenvalue weighted by Crippen LogP contribution is -2.12. The van der Waals surface area contributed by atoms with Crippen LogP contribution in [0.2, 0.25) is 0 Å². The van der Waals surface area contributed by atoms with E-state index in [0.29, 0.717) is 5.92 Å². The van der Waals surface area contributed by atoms with Gasteiger partial charge in [-0.1, -0.05) is 6.92 Å². The van der Waals surface area contributed by atoms with Gasteiger partial charge in [0.2, 0.25) is 0 Å². The summed E-state index contributed by atoms with van der Waals surface area (Å²) in [6.45, 7) is 2.01. The number of hydrogen-bond donors (Lipinski definition) is 0. The molecule has 1 atom stereocenters. The number of rotatable bonds is 3. The zero-order valence-corrected chi connectivity index (χ0v) is 7.12. The molecule has 0 spiro atoms. The number of hydrogen-bond acceptors (Lipinski definition) is 2. The molecule has 0 radical (unpaired) electrons. The number of carbonyl (C=O) groups is 1. The molecule has 64 valence electrons. The highest BCUT2D eigenvalue weighted by atomic mass is 16.3. The zero-order valence-electron chi connectivity index (χ0n) is 7.12. The highest BCUT2D eigenvalue weighted by Gasteiger charge is 2.33. The monoisotopic (exact) mass is 164 g/mol. The zero-order chi connectivity index (χ0) is 8.55. The molecule has 2 nitrogen and oxygen atoms in total. The maximum atomic E-state index is 11.6. The summed E-state index contributed by atoms with van der Waals surface area (Å²) in [7, 11) is 0. The van der Waals surface area contributed by atoms with E-state index in [-0.39, 0.29) is 11.7 Å². The summed E-state index contributed by atoms with van der Waals surface area (Å²) in [4.78, 5) is 11.6. The number of furan rings is 1. The van der Waals surface area contributed by atoms with E-state index in [2.05, 4.69) is 0 Å². The summed E-state index contributed by atoms with van der Waals surface area (Å²) in [5.41, 5.74) is 0.717. The first kappa shape index (κ1) is 7.59. The van der Waals surface area contributed by atoms with E-state index in [0.717, 1.165) is 5.56 Å². The predicted octanol–water partition coefficient (Wildman–Crippen LogP) is 2.51. The molecule has 1 saturated carbocycles. The largest absolute Gasteiger partial charge is 0.472 e. The lowest BCUT2D eigenvalue weighted by molar-refractivity contribution is 0.0915. The Morgan fingerprint density at radius 3 is 2.92 bits per heavy atom. The Bertz CT molecular complexity index is 270. The van der Waals surface area contributed by atoms with Crippen LogP contribution in [0.3, 0.4) is 0 Å². The van der Waals surface area contributed by atoms with Crippen LogP contribution in [0.5, 0.6) is 0 Å². The summed E-state index contributed by atoms with van der Waals surface area (Å²) in [6, 6.07) is 1.74. The van der Waals surface area contributed by atoms with Gasteiger partial charge in [-0.25, -0.2) is 0 Å². The molecule has 12 heavy (non-hydrogen) atoms. The minimum atomic E-state index is 0.183. The molecule has 0 bridgehead atoms. The smallest absolute Gasteiger partial charge is 0.169 e. The Kier molecular flexibility index (Phi) is 1.75. The first-order valence-electron chi connectivity index (χ1n) is 4.35. The predicted molar refractivity (Wildman–Crippen MR) is 44.9 cm³/mol. The molecule has 2 rings (SSSR count). The van der Waals surface area contributed by atoms with Crippen molar-refractivity contribution in [3.63, 3.8) is 0 Å². The summed E-state index contributed by atoms with van der Waals surface area (Å²) >= 11 is 0. The quantitative estimate of drug-likeness (QED) is 0.642. The molecule has 2 heteroatoms. The van der Waals surface area contributed by atoms with Gasteiger partial charge in [0.15, 0.2) is 5.78 Å². The van der Waals surface area contributed by atoms with E-state index in [1.54, 1.807) is 12.3 Å². The van der Waals surface area contributed by atoms with Gasteiger partial charge in [-0.3, -0.25) is 4.79 Å². The van der Waals surface area contributed by atoms with E-state index >= 15 is 0 Å². The van der Waals surface area contributed by atoms with E-state index in [1.807, 2.05) is 6.92 Å². The molecule has 0 saturated heterocycles. The summed E-state index contributed by atoms with van der Waals surface area (Å²) in [5.74, 6) is 1.04. The average Bonchev–Trinajstić information content (AvgIpc) is 2.79. The third-order valence-electron chi connectivity index (χ3n) is 2.55. The molecular weight excluding hydrogens is 152 g/mol. The molecule has 1 aliphatic rings. The van der Waals surface area contributed by atoms with Crippen molar-refractivity contribution in [2.75, 3.05) is 0 Å². The fourth-order valence-electron chi connectivity index (χ4n) is 1.48. The molecule has 1 aliphatic carbocycles. The first-order chi connectivity index (χ1) is 5.79. The molecule has 0 aliphatic heterocycles. The molecule has 1 heterocycles. The second-order valence-corrected chi connectivity index (χ2v) is 3.50. The Morgan fingerprint density at radius 2 is 2.42 bits per heavy atom. The van der Waals surface area contributed by atoms with Gasteiger partial charge in [-0.2, -0.15) is 0 Å². The third-order valence-corrected chi connectivity index (χ3v) is 2.55. The molecule has 0 N–H and O–H groups in total. The Labute approximate surface area is 71.6 Å². The van der Waals surface area contributed by atoms with E-state index in [9.17, 15) is 4.79 Å². The van der Waals surface area contributed by atoms with Crippen LogP contribution in [-0.2, 0) is 0 Å². The van der Waals surface area contributed by atoms with Gasteiger partial charge in [0.1, 0.15) is 6.26 Å². The maximum absolute atomic E-state index is 11.6. The van der Waals surface area contributed by atoms with Gasteiger partial charge in [-0.05, 0) is 24.8 Å². The van der Waals surface area contributed by atoms with Crippen molar-refractivity contribution in [2.45, 2.75) is 19.8 Å². The lowest BCUT2D eigenvalue weighted by Gasteiger charge is -2.05. The fourth-order valence-corrected chi connectivity index (χ4v) is 1.48. The lowest BCUT2D eigenvalue weighted by atomic mass is 9.97. The summed E-state index contributed by atoms with van der Waals surface area (Å²) in [5, 5.41) is 0. The van der Waals surface area contributed by atoms with Crippen molar-refractivity contribution in [1.82, 2.24) is 0 Å². The molecule has 0 amide bonds. The first-order valence-corrected chi connectivity index (χ1v) is 4.35. The van der Waals surface area contributed by atoms with Crippen molar-refractivity contribution >= 4 is 5.78 Å². The summed E-state index contributed by atoms with van der Waals surface area (Å²) in [6.07, 6.45) is 5.50. The number of Topliss-reactive ketones (excluding diaryl/α,β-unsaturated/α-hetero) is 1. The summed E-state index contributed by atoms with van der Waals surface area (Å²) < 4.78 is 4.87. The van der Waals surface area contributed by atoms with Crippen LogP contribution >= 0.6 is 0 Å². The van der Waals surface area contributed by atoms with E-state index < -0.39 is 0 Å². The van der Waals surface area contributed by atoms with Crippen molar-refractivity contribution < 1.29 is 9.21 Å². The highest BCUT2D eigenvalue weighted by Crippen LogP contribution is 2.38. The van der Waals surface area contributed by atoms with Crippen molar-refractivity contribution in [2.24, 2.45) is 11.8 Å². The SMILES string of the molecule is CC(C(=O)c1ccoc1)C1CC1. The second kappa shape index (κ2) is 2.77. The molecular formula is C10H12O2. The standard InChI is InChI=1S/C10H12O2/c1-7(8-2-3-8)10(11)9-4-5-12-6-9/h4-8H,2-3H2,1H3. The third kappa shape index (κ3) is 1.29. The normalized spacial score (nSPS) is 19.1. The Balaban J connectivity index is 2.09. The van der Waals surface area contributed by atoms with Gasteiger partial charge < -0.3 is 4.42 Å². The maximum Gasteiger partial charge on any atom is 0.169 e. The average molecular weight is 164 g/mol. The van der Waals surface area contributed by atoms with Crippen LogP contribution in [0.4, 0.5) is 0 Å². The second-order valence-electron chi connectivity index (χ2n) is 3.50. The molecule has 1 unspecified atom stereocenters. The van der Waals surface area contributed by atoms with Crippen LogP contribution in [-0.4, -0.2) is 5.78 Å². The van der Waals surface area contributed by atoms with Gasteiger partial charge in [-0.15, -0.1) is 0 Å². The minimum Gasteiger partial charge on any atom is -0.472 e. The van der Waals surface area contributed by atoms with E-state index in [4.69, 9.17) is 4.42 Å². The Morgan fingerprint density at radius 1 is 1.67 bits per heavy atom. The van der Waals surface area contributed by atoms with Crippen LogP contribution in [0, 0.1) is 11.8 Å². The number of carbonyl (C=O) groups excluding carboxylic acids is 1. The van der Waals surface area contributed by atoms with Crippen LogP contribution in [0.1, 0.15) is 30.1 Å². The molecule has 1 fully saturated rings. The van der Waals surface area contributed by atoms with Crippen LogP contribution in [0.15, 0.2) is 23.0 Å². The topological polar surface area (TPSA) is 30.2 Å². The van der Waals surface area contributed by atoms with E-state index in [1.165, 1.54) is 19.1 Å². The molecule has 1 aromatic heterocycles. The highest BCUT2D eigenvalue weighted by molar-refractivity contribution is 5.97. The van der Waals surface area contributed by atoms with Crippen LogP contribution < -0.4 is 0 Å².